The second-order valence-corrected chi connectivity index (χ2v) is 7.02. The third-order valence-corrected chi connectivity index (χ3v) is 5.35. The van der Waals surface area contributed by atoms with Gasteiger partial charge in [0.2, 0.25) is 0 Å². The quantitative estimate of drug-likeness (QED) is 0.476. The summed E-state index contributed by atoms with van der Waals surface area (Å²) in [6.45, 7) is 0. The third kappa shape index (κ3) is 2.65. The molecule has 0 aliphatic carbocycles. The highest BCUT2D eigenvalue weighted by Crippen LogP contribution is 2.49. The minimum absolute atomic E-state index is 0.362. The van der Waals surface area contributed by atoms with Gasteiger partial charge >= 0.3 is 0 Å². The monoisotopic (exact) mass is 388 g/mol. The predicted octanol–water partition coefficient (Wildman–Crippen LogP) is 5.89. The molecule has 1 atom stereocenters. The van der Waals surface area contributed by atoms with Crippen molar-refractivity contribution < 1.29 is 9.47 Å². The van der Waals surface area contributed by atoms with Crippen LogP contribution in [-0.2, 0) is 0 Å². The Morgan fingerprint density at radius 3 is 2.57 bits per heavy atom. The van der Waals surface area contributed by atoms with Crippen molar-refractivity contribution in [2.24, 2.45) is 0 Å². The van der Waals surface area contributed by atoms with Gasteiger partial charge in [-0.1, -0.05) is 60.1 Å². The van der Waals surface area contributed by atoms with Gasteiger partial charge in [-0.3, -0.25) is 5.10 Å². The number of H-pyrrole nitrogens is 1. The van der Waals surface area contributed by atoms with Gasteiger partial charge in [-0.05, 0) is 24.3 Å². The Hall–Kier alpha value is -3.24. The van der Waals surface area contributed by atoms with Gasteiger partial charge in [0.15, 0.2) is 6.10 Å². The molecule has 0 fully saturated rings. The van der Waals surface area contributed by atoms with Crippen LogP contribution in [0.2, 0.25) is 5.02 Å². The summed E-state index contributed by atoms with van der Waals surface area (Å²) in [5.74, 6) is 1.53. The van der Waals surface area contributed by atoms with E-state index in [0.717, 1.165) is 45.1 Å². The number of rotatable bonds is 3. The van der Waals surface area contributed by atoms with Crippen LogP contribution in [-0.4, -0.2) is 17.3 Å². The molecule has 0 radical (unpaired) electrons. The second kappa shape index (κ2) is 6.73. The van der Waals surface area contributed by atoms with E-state index in [1.807, 2.05) is 72.8 Å². The standard InChI is InChI=1S/C23H17ClN2O2/c1-27-15-11-12-19-17(13-15)22-20(21(25-26-22)14-7-3-2-4-8-14)23(28-19)16-9-5-6-10-18(16)24/h2-13,23H,1H3,(H,25,26). The molecule has 1 aromatic heterocycles. The van der Waals surface area contributed by atoms with Crippen molar-refractivity contribution in [3.05, 3.63) is 88.9 Å². The number of benzene rings is 3. The summed E-state index contributed by atoms with van der Waals surface area (Å²) in [5.41, 5.74) is 5.60. The molecule has 4 nitrogen and oxygen atoms in total. The van der Waals surface area contributed by atoms with Crippen molar-refractivity contribution in [3.63, 3.8) is 0 Å². The van der Waals surface area contributed by atoms with Crippen LogP contribution in [0.5, 0.6) is 11.5 Å². The van der Waals surface area contributed by atoms with E-state index in [-0.39, 0.29) is 6.10 Å². The van der Waals surface area contributed by atoms with Crippen LogP contribution < -0.4 is 9.47 Å². The lowest BCUT2D eigenvalue weighted by molar-refractivity contribution is 0.244. The lowest BCUT2D eigenvalue weighted by Gasteiger charge is -2.28. The van der Waals surface area contributed by atoms with Gasteiger partial charge < -0.3 is 9.47 Å². The zero-order chi connectivity index (χ0) is 19.1. The van der Waals surface area contributed by atoms with Gasteiger partial charge in [-0.2, -0.15) is 5.10 Å². The molecule has 0 spiro atoms. The molecule has 5 rings (SSSR count). The summed E-state index contributed by atoms with van der Waals surface area (Å²) in [7, 11) is 1.65. The number of aromatic amines is 1. The average molecular weight is 389 g/mol. The van der Waals surface area contributed by atoms with Crippen molar-refractivity contribution in [3.8, 4) is 34.0 Å². The maximum absolute atomic E-state index is 6.53. The Kier molecular flexibility index (Phi) is 4.06. The first-order valence-corrected chi connectivity index (χ1v) is 9.37. The fraction of sp³-hybridized carbons (Fsp3) is 0.0870. The highest BCUT2D eigenvalue weighted by molar-refractivity contribution is 6.31. The number of ether oxygens (including phenoxy) is 2. The van der Waals surface area contributed by atoms with E-state index in [1.165, 1.54) is 0 Å². The smallest absolute Gasteiger partial charge is 0.155 e. The van der Waals surface area contributed by atoms with Crippen LogP contribution >= 0.6 is 11.6 Å². The maximum Gasteiger partial charge on any atom is 0.155 e. The van der Waals surface area contributed by atoms with Crippen LogP contribution in [0.1, 0.15) is 17.2 Å². The van der Waals surface area contributed by atoms with Gasteiger partial charge in [0.05, 0.1) is 24.1 Å². The molecule has 1 aliphatic heterocycles. The van der Waals surface area contributed by atoms with Crippen molar-refractivity contribution in [1.82, 2.24) is 10.2 Å². The first-order chi connectivity index (χ1) is 13.8. The van der Waals surface area contributed by atoms with Crippen molar-refractivity contribution in [2.45, 2.75) is 6.10 Å². The Balaban J connectivity index is 1.77. The molecule has 4 aromatic rings. The maximum atomic E-state index is 6.53. The average Bonchev–Trinajstić information content (AvgIpc) is 3.19. The largest absolute Gasteiger partial charge is 0.497 e. The van der Waals surface area contributed by atoms with E-state index in [2.05, 4.69) is 10.2 Å². The first-order valence-electron chi connectivity index (χ1n) is 8.99. The molecular weight excluding hydrogens is 372 g/mol. The minimum Gasteiger partial charge on any atom is -0.497 e. The lowest BCUT2D eigenvalue weighted by atomic mass is 9.91. The molecule has 0 bridgehead atoms. The fourth-order valence-corrected chi connectivity index (χ4v) is 3.89. The molecule has 3 aromatic carbocycles. The van der Waals surface area contributed by atoms with Crippen LogP contribution in [0, 0.1) is 0 Å². The zero-order valence-electron chi connectivity index (χ0n) is 15.1. The van der Waals surface area contributed by atoms with Crippen molar-refractivity contribution in [2.75, 3.05) is 7.11 Å². The highest BCUT2D eigenvalue weighted by Gasteiger charge is 2.34. The highest BCUT2D eigenvalue weighted by atomic mass is 35.5. The normalized spacial score (nSPS) is 14.7. The Morgan fingerprint density at radius 1 is 1.00 bits per heavy atom. The topological polar surface area (TPSA) is 47.1 Å². The number of hydrogen-bond acceptors (Lipinski definition) is 3. The number of nitrogens with one attached hydrogen (secondary N) is 1. The Bertz CT molecular complexity index is 1150. The van der Waals surface area contributed by atoms with Crippen LogP contribution in [0.15, 0.2) is 72.8 Å². The van der Waals surface area contributed by atoms with Gasteiger partial charge in [0, 0.05) is 21.7 Å². The molecule has 2 heterocycles. The van der Waals surface area contributed by atoms with E-state index in [4.69, 9.17) is 21.1 Å². The second-order valence-electron chi connectivity index (χ2n) is 6.61. The summed E-state index contributed by atoms with van der Waals surface area (Å²) in [6.07, 6.45) is -0.362. The van der Waals surface area contributed by atoms with Crippen molar-refractivity contribution >= 4 is 11.6 Å². The van der Waals surface area contributed by atoms with E-state index in [1.54, 1.807) is 7.11 Å². The third-order valence-electron chi connectivity index (χ3n) is 5.00. The molecule has 28 heavy (non-hydrogen) atoms. The molecule has 1 aliphatic rings. The van der Waals surface area contributed by atoms with Crippen LogP contribution in [0.25, 0.3) is 22.5 Å². The van der Waals surface area contributed by atoms with Crippen molar-refractivity contribution in [1.29, 1.82) is 0 Å². The number of fused-ring (bicyclic) bond motifs is 3. The molecule has 0 saturated heterocycles. The number of methoxy groups -OCH3 is 1. The van der Waals surface area contributed by atoms with Gasteiger partial charge in [0.1, 0.15) is 11.5 Å². The van der Waals surface area contributed by atoms with Gasteiger partial charge in [-0.25, -0.2) is 0 Å². The first kappa shape index (κ1) is 16.9. The predicted molar refractivity (Wildman–Crippen MR) is 110 cm³/mol. The fourth-order valence-electron chi connectivity index (χ4n) is 3.65. The molecule has 138 valence electrons. The summed E-state index contributed by atoms with van der Waals surface area (Å²) in [4.78, 5) is 0. The Labute approximate surface area is 167 Å². The number of aromatic nitrogens is 2. The SMILES string of the molecule is COc1ccc2c(c1)-c1[nH]nc(-c3ccccc3)c1C(c1ccccc1Cl)O2. The van der Waals surface area contributed by atoms with E-state index >= 15 is 0 Å². The van der Waals surface area contributed by atoms with E-state index in [0.29, 0.717) is 5.02 Å². The number of hydrogen-bond donors (Lipinski definition) is 1. The molecule has 5 heteroatoms. The molecule has 0 amide bonds. The summed E-state index contributed by atoms with van der Waals surface area (Å²) in [6, 6.07) is 23.6. The lowest BCUT2D eigenvalue weighted by Crippen LogP contribution is -2.16. The summed E-state index contributed by atoms with van der Waals surface area (Å²) in [5, 5.41) is 8.52. The number of nitrogens with zero attached hydrogens (tertiary/aromatic N) is 1. The minimum atomic E-state index is -0.362. The molecule has 1 unspecified atom stereocenters. The summed E-state index contributed by atoms with van der Waals surface area (Å²) < 4.78 is 11.9. The molecule has 0 saturated carbocycles. The van der Waals surface area contributed by atoms with E-state index in [9.17, 15) is 0 Å². The van der Waals surface area contributed by atoms with Crippen LogP contribution in [0.3, 0.4) is 0 Å². The molecule has 1 N–H and O–H groups in total. The number of halogens is 1. The van der Waals surface area contributed by atoms with E-state index < -0.39 is 0 Å². The van der Waals surface area contributed by atoms with Gasteiger partial charge in [-0.15, -0.1) is 0 Å². The zero-order valence-corrected chi connectivity index (χ0v) is 15.9. The van der Waals surface area contributed by atoms with Crippen LogP contribution in [0.4, 0.5) is 0 Å². The molecular formula is C23H17ClN2O2. The summed E-state index contributed by atoms with van der Waals surface area (Å²) >= 11 is 6.53. The Morgan fingerprint density at radius 2 is 1.79 bits per heavy atom. The van der Waals surface area contributed by atoms with Gasteiger partial charge in [0.25, 0.3) is 0 Å².